The summed E-state index contributed by atoms with van der Waals surface area (Å²) in [5.41, 5.74) is 1.10. The molecule has 0 saturated heterocycles. The number of aliphatic carboxylic acids is 1. The Morgan fingerprint density at radius 1 is 1.47 bits per heavy atom. The molecule has 78 valence electrons. The van der Waals surface area contributed by atoms with Crippen LogP contribution >= 0.6 is 0 Å². The van der Waals surface area contributed by atoms with Crippen molar-refractivity contribution in [1.29, 1.82) is 0 Å². The summed E-state index contributed by atoms with van der Waals surface area (Å²) in [5, 5.41) is 9.22. The SMILES string of the molecule is O=C(O)[C@@H]1[C@@H]2CC[C@@]1(c1ccncc1)C2. The predicted molar refractivity (Wildman–Crippen MR) is 54.4 cm³/mol. The van der Waals surface area contributed by atoms with Crippen molar-refractivity contribution in [1.82, 2.24) is 4.98 Å². The highest BCUT2D eigenvalue weighted by Crippen LogP contribution is 2.63. The Balaban J connectivity index is 2.02. The number of aromatic nitrogens is 1. The number of carbonyl (C=O) groups is 1. The number of pyridine rings is 1. The Morgan fingerprint density at radius 2 is 2.20 bits per heavy atom. The third-order valence-electron chi connectivity index (χ3n) is 4.18. The van der Waals surface area contributed by atoms with Crippen molar-refractivity contribution in [3.05, 3.63) is 30.1 Å². The molecule has 0 spiro atoms. The first kappa shape index (κ1) is 8.89. The highest BCUT2D eigenvalue weighted by molar-refractivity contribution is 5.75. The Hall–Kier alpha value is -1.38. The minimum Gasteiger partial charge on any atom is -0.481 e. The molecule has 3 saturated carbocycles. The molecule has 3 atom stereocenters. The Morgan fingerprint density at radius 3 is 2.80 bits per heavy atom. The third kappa shape index (κ3) is 1.01. The molecule has 15 heavy (non-hydrogen) atoms. The van der Waals surface area contributed by atoms with Crippen LogP contribution in [0, 0.1) is 11.8 Å². The summed E-state index contributed by atoms with van der Waals surface area (Å²) < 4.78 is 0. The highest BCUT2D eigenvalue weighted by atomic mass is 16.4. The van der Waals surface area contributed by atoms with Crippen LogP contribution in [0.15, 0.2) is 24.5 Å². The number of hydrogen-bond donors (Lipinski definition) is 1. The standard InChI is InChI=1S/C12H13NO2/c14-11(15)10-8-1-4-12(10,7-8)9-2-5-13-6-3-9/h2-3,5-6,8,10H,1,4,7H2,(H,14,15)/t8-,10+,12+/m1/s1. The van der Waals surface area contributed by atoms with Crippen LogP contribution in [0.2, 0.25) is 0 Å². The van der Waals surface area contributed by atoms with E-state index >= 15 is 0 Å². The monoisotopic (exact) mass is 203 g/mol. The summed E-state index contributed by atoms with van der Waals surface area (Å²) in [6, 6.07) is 3.94. The van der Waals surface area contributed by atoms with E-state index in [2.05, 4.69) is 4.98 Å². The fourth-order valence-corrected chi connectivity index (χ4v) is 3.54. The maximum atomic E-state index is 11.2. The number of rotatable bonds is 2. The van der Waals surface area contributed by atoms with E-state index in [0.29, 0.717) is 5.92 Å². The molecule has 1 N–H and O–H groups in total. The van der Waals surface area contributed by atoms with Gasteiger partial charge in [0.1, 0.15) is 0 Å². The molecule has 3 nitrogen and oxygen atoms in total. The fourth-order valence-electron chi connectivity index (χ4n) is 3.54. The second kappa shape index (κ2) is 2.81. The second-order valence-electron chi connectivity index (χ2n) is 4.71. The molecule has 3 aliphatic rings. The molecule has 0 radical (unpaired) electrons. The van der Waals surface area contributed by atoms with Gasteiger partial charge < -0.3 is 5.11 Å². The molecule has 0 unspecified atom stereocenters. The van der Waals surface area contributed by atoms with E-state index in [4.69, 9.17) is 0 Å². The van der Waals surface area contributed by atoms with Crippen LogP contribution < -0.4 is 0 Å². The van der Waals surface area contributed by atoms with Gasteiger partial charge in [-0.2, -0.15) is 0 Å². The summed E-state index contributed by atoms with van der Waals surface area (Å²) in [7, 11) is 0. The van der Waals surface area contributed by atoms with E-state index in [9.17, 15) is 9.90 Å². The third-order valence-corrected chi connectivity index (χ3v) is 4.18. The number of hydrogen-bond acceptors (Lipinski definition) is 2. The van der Waals surface area contributed by atoms with Crippen LogP contribution in [0.1, 0.15) is 24.8 Å². The first-order valence-electron chi connectivity index (χ1n) is 5.37. The maximum Gasteiger partial charge on any atom is 0.307 e. The van der Waals surface area contributed by atoms with Crippen molar-refractivity contribution < 1.29 is 9.90 Å². The molecule has 4 rings (SSSR count). The van der Waals surface area contributed by atoms with E-state index < -0.39 is 5.97 Å². The summed E-state index contributed by atoms with van der Waals surface area (Å²) in [6.45, 7) is 0. The van der Waals surface area contributed by atoms with Crippen LogP contribution in [-0.2, 0) is 10.2 Å². The van der Waals surface area contributed by atoms with Gasteiger partial charge in [-0.15, -0.1) is 0 Å². The average Bonchev–Trinajstić information content (AvgIpc) is 2.76. The lowest BCUT2D eigenvalue weighted by molar-refractivity contribution is -0.150. The molecule has 0 aromatic carbocycles. The zero-order valence-corrected chi connectivity index (χ0v) is 8.39. The lowest BCUT2D eigenvalue weighted by Crippen LogP contribution is -2.48. The van der Waals surface area contributed by atoms with Gasteiger partial charge >= 0.3 is 5.97 Å². The van der Waals surface area contributed by atoms with Gasteiger partial charge in [-0.3, -0.25) is 9.78 Å². The van der Waals surface area contributed by atoms with Gasteiger partial charge in [0.25, 0.3) is 0 Å². The van der Waals surface area contributed by atoms with Crippen LogP contribution in [0.25, 0.3) is 0 Å². The van der Waals surface area contributed by atoms with Crippen molar-refractivity contribution in [3.63, 3.8) is 0 Å². The zero-order chi connectivity index (χ0) is 10.5. The molecule has 3 aliphatic carbocycles. The summed E-state index contributed by atoms with van der Waals surface area (Å²) >= 11 is 0. The lowest BCUT2D eigenvalue weighted by Gasteiger charge is -2.45. The van der Waals surface area contributed by atoms with Crippen LogP contribution in [0.4, 0.5) is 0 Å². The van der Waals surface area contributed by atoms with Crippen LogP contribution in [-0.4, -0.2) is 16.1 Å². The van der Waals surface area contributed by atoms with Crippen LogP contribution in [0.5, 0.6) is 0 Å². The molecule has 1 heterocycles. The molecule has 1 aromatic heterocycles. The molecule has 0 aliphatic heterocycles. The van der Waals surface area contributed by atoms with Crippen molar-refractivity contribution in [2.24, 2.45) is 11.8 Å². The van der Waals surface area contributed by atoms with E-state index in [0.717, 1.165) is 19.3 Å². The summed E-state index contributed by atoms with van der Waals surface area (Å²) in [5.74, 6) is -0.365. The lowest BCUT2D eigenvalue weighted by atomic mass is 9.57. The largest absolute Gasteiger partial charge is 0.481 e. The van der Waals surface area contributed by atoms with Crippen molar-refractivity contribution >= 4 is 5.97 Å². The summed E-state index contributed by atoms with van der Waals surface area (Å²) in [4.78, 5) is 15.2. The highest BCUT2D eigenvalue weighted by Gasteiger charge is 2.62. The van der Waals surface area contributed by atoms with E-state index in [1.54, 1.807) is 12.4 Å². The molecular weight excluding hydrogens is 190 g/mol. The van der Waals surface area contributed by atoms with Crippen molar-refractivity contribution in [2.75, 3.05) is 0 Å². The smallest absolute Gasteiger partial charge is 0.307 e. The molecule has 0 amide bonds. The van der Waals surface area contributed by atoms with E-state index in [-0.39, 0.29) is 11.3 Å². The van der Waals surface area contributed by atoms with Gasteiger partial charge in [0, 0.05) is 17.8 Å². The van der Waals surface area contributed by atoms with Gasteiger partial charge in [-0.05, 0) is 42.9 Å². The van der Waals surface area contributed by atoms with E-state index in [1.165, 1.54) is 5.56 Å². The minimum absolute atomic E-state index is 0.0700. The molecule has 1 aromatic rings. The van der Waals surface area contributed by atoms with Gasteiger partial charge in [-0.1, -0.05) is 0 Å². The number of carboxylic acid groups (broad SMARTS) is 1. The second-order valence-corrected chi connectivity index (χ2v) is 4.71. The maximum absolute atomic E-state index is 11.2. The first-order chi connectivity index (χ1) is 7.24. The molecule has 3 fully saturated rings. The van der Waals surface area contributed by atoms with Crippen molar-refractivity contribution in [2.45, 2.75) is 24.7 Å². The predicted octanol–water partition coefficient (Wildman–Crippen LogP) is 1.83. The number of carboxylic acids is 1. The quantitative estimate of drug-likeness (QED) is 0.797. The van der Waals surface area contributed by atoms with Gasteiger partial charge in [-0.25, -0.2) is 0 Å². The Kier molecular flexibility index (Phi) is 1.67. The Labute approximate surface area is 88.1 Å². The number of nitrogens with zero attached hydrogens (tertiary/aromatic N) is 1. The molecular formula is C12H13NO2. The minimum atomic E-state index is -0.624. The molecule has 2 bridgehead atoms. The van der Waals surface area contributed by atoms with Gasteiger partial charge in [0.2, 0.25) is 0 Å². The van der Waals surface area contributed by atoms with E-state index in [1.807, 2.05) is 12.1 Å². The van der Waals surface area contributed by atoms with Gasteiger partial charge in [0.05, 0.1) is 5.92 Å². The first-order valence-corrected chi connectivity index (χ1v) is 5.37. The number of fused-ring (bicyclic) bond motifs is 1. The topological polar surface area (TPSA) is 50.2 Å². The zero-order valence-electron chi connectivity index (χ0n) is 8.39. The normalized spacial score (nSPS) is 37.3. The van der Waals surface area contributed by atoms with Gasteiger partial charge in [0.15, 0.2) is 0 Å². The Bertz CT molecular complexity index is 399. The molecule has 3 heteroatoms. The summed E-state index contributed by atoms with van der Waals surface area (Å²) in [6.07, 6.45) is 6.66. The van der Waals surface area contributed by atoms with Crippen molar-refractivity contribution in [3.8, 4) is 0 Å². The van der Waals surface area contributed by atoms with Crippen LogP contribution in [0.3, 0.4) is 0 Å². The average molecular weight is 203 g/mol. The fraction of sp³-hybridized carbons (Fsp3) is 0.500.